The molecular formula is C17H27N3O2. The number of aliphatic hydroxyl groups excluding tert-OH is 1. The van der Waals surface area contributed by atoms with Crippen molar-refractivity contribution in [1.82, 2.24) is 10.2 Å². The van der Waals surface area contributed by atoms with Gasteiger partial charge in [0.25, 0.3) is 0 Å². The topological polar surface area (TPSA) is 57.1 Å². The number of ether oxygens (including phenoxy) is 1. The van der Waals surface area contributed by atoms with E-state index in [4.69, 9.17) is 9.73 Å². The summed E-state index contributed by atoms with van der Waals surface area (Å²) < 4.78 is 5.44. The molecule has 0 spiro atoms. The zero-order chi connectivity index (χ0) is 15.8. The predicted molar refractivity (Wildman–Crippen MR) is 88.7 cm³/mol. The lowest BCUT2D eigenvalue weighted by Gasteiger charge is -2.24. The van der Waals surface area contributed by atoms with Gasteiger partial charge >= 0.3 is 0 Å². The van der Waals surface area contributed by atoms with Crippen LogP contribution in [-0.4, -0.2) is 49.3 Å². The van der Waals surface area contributed by atoms with Crippen LogP contribution in [0.5, 0.6) is 0 Å². The van der Waals surface area contributed by atoms with Crippen molar-refractivity contribution < 1.29 is 9.84 Å². The summed E-state index contributed by atoms with van der Waals surface area (Å²) in [5, 5.41) is 12.7. The van der Waals surface area contributed by atoms with Gasteiger partial charge in [0.15, 0.2) is 5.96 Å². The molecule has 122 valence electrons. The minimum atomic E-state index is 0.0531. The smallest absolute Gasteiger partial charge is 0.193 e. The average Bonchev–Trinajstić information content (AvgIpc) is 3.04. The molecule has 5 nitrogen and oxygen atoms in total. The minimum Gasteiger partial charge on any atom is -0.392 e. The number of hydrogen-bond acceptors (Lipinski definition) is 3. The largest absolute Gasteiger partial charge is 0.392 e. The monoisotopic (exact) mass is 305 g/mol. The molecule has 0 amide bonds. The maximum atomic E-state index is 9.40. The van der Waals surface area contributed by atoms with Crippen molar-refractivity contribution in [2.75, 3.05) is 33.4 Å². The summed E-state index contributed by atoms with van der Waals surface area (Å²) in [7, 11) is 2.07. The van der Waals surface area contributed by atoms with E-state index < -0.39 is 0 Å². The van der Waals surface area contributed by atoms with Crippen LogP contribution in [0, 0.1) is 5.92 Å². The number of nitrogens with zero attached hydrogens (tertiary/aromatic N) is 2. The fourth-order valence-electron chi connectivity index (χ4n) is 2.70. The molecule has 1 heterocycles. The number of aliphatic hydroxyl groups is 1. The number of guanidine groups is 1. The molecule has 1 aliphatic rings. The molecule has 0 saturated carbocycles. The Morgan fingerprint density at radius 2 is 2.18 bits per heavy atom. The quantitative estimate of drug-likeness (QED) is 0.619. The summed E-state index contributed by atoms with van der Waals surface area (Å²) in [6, 6.07) is 7.88. The molecule has 1 atom stereocenters. The van der Waals surface area contributed by atoms with Crippen molar-refractivity contribution in [3.8, 4) is 0 Å². The number of aliphatic imine (C=N–C) groups is 1. The van der Waals surface area contributed by atoms with Gasteiger partial charge in [0.1, 0.15) is 0 Å². The highest BCUT2D eigenvalue weighted by atomic mass is 16.5. The third-order valence-electron chi connectivity index (χ3n) is 3.94. The van der Waals surface area contributed by atoms with E-state index in [2.05, 4.69) is 24.2 Å². The molecule has 1 aliphatic heterocycles. The van der Waals surface area contributed by atoms with Gasteiger partial charge in [-0.25, -0.2) is 4.99 Å². The van der Waals surface area contributed by atoms with Gasteiger partial charge < -0.3 is 20.1 Å². The fraction of sp³-hybridized carbons (Fsp3) is 0.588. The number of benzene rings is 1. The summed E-state index contributed by atoms with van der Waals surface area (Å²) in [5.74, 6) is 1.49. The van der Waals surface area contributed by atoms with Gasteiger partial charge in [0.05, 0.1) is 19.8 Å². The Morgan fingerprint density at radius 1 is 1.41 bits per heavy atom. The zero-order valence-corrected chi connectivity index (χ0v) is 13.6. The molecule has 2 rings (SSSR count). The second kappa shape index (κ2) is 8.76. The highest BCUT2D eigenvalue weighted by Crippen LogP contribution is 2.14. The van der Waals surface area contributed by atoms with Crippen molar-refractivity contribution in [2.45, 2.75) is 26.5 Å². The normalized spacial score (nSPS) is 18.5. The summed E-state index contributed by atoms with van der Waals surface area (Å²) in [5.41, 5.74) is 2.01. The van der Waals surface area contributed by atoms with Crippen LogP contribution >= 0.6 is 0 Å². The average molecular weight is 305 g/mol. The molecule has 0 aromatic heterocycles. The molecule has 1 aromatic rings. The summed E-state index contributed by atoms with van der Waals surface area (Å²) in [6.07, 6.45) is 1.12. The maximum absolute atomic E-state index is 9.40. The lowest BCUT2D eigenvalue weighted by atomic mass is 10.1. The molecule has 5 heteroatoms. The summed E-state index contributed by atoms with van der Waals surface area (Å²) >= 11 is 0. The third kappa shape index (κ3) is 4.71. The standard InChI is InChI=1S/C17H27N3O2/c1-3-18-17(20(2)11-14-8-9-22-13-14)19-10-15-6-4-5-7-16(15)12-21/h4-7,14,21H,3,8-13H2,1-2H3,(H,18,19). The first kappa shape index (κ1) is 16.8. The Morgan fingerprint density at radius 3 is 2.82 bits per heavy atom. The van der Waals surface area contributed by atoms with Gasteiger partial charge in [0, 0.05) is 32.7 Å². The molecule has 0 bridgehead atoms. The molecule has 1 aromatic carbocycles. The van der Waals surface area contributed by atoms with Crippen molar-refractivity contribution in [3.05, 3.63) is 35.4 Å². The minimum absolute atomic E-state index is 0.0531. The highest BCUT2D eigenvalue weighted by Gasteiger charge is 2.19. The van der Waals surface area contributed by atoms with Crippen molar-refractivity contribution in [1.29, 1.82) is 0 Å². The van der Waals surface area contributed by atoms with E-state index in [1.165, 1.54) is 0 Å². The van der Waals surface area contributed by atoms with Crippen LogP contribution in [0.15, 0.2) is 29.3 Å². The van der Waals surface area contributed by atoms with Crippen LogP contribution in [0.25, 0.3) is 0 Å². The van der Waals surface area contributed by atoms with Crippen LogP contribution in [0.3, 0.4) is 0 Å². The van der Waals surface area contributed by atoms with E-state index >= 15 is 0 Å². The van der Waals surface area contributed by atoms with Crippen LogP contribution in [0.1, 0.15) is 24.5 Å². The van der Waals surface area contributed by atoms with Crippen LogP contribution in [-0.2, 0) is 17.9 Å². The second-order valence-electron chi connectivity index (χ2n) is 5.71. The number of rotatable bonds is 6. The zero-order valence-electron chi connectivity index (χ0n) is 13.6. The number of nitrogens with one attached hydrogen (secondary N) is 1. The van der Waals surface area contributed by atoms with Gasteiger partial charge in [-0.3, -0.25) is 0 Å². The molecule has 1 unspecified atom stereocenters. The molecule has 0 radical (unpaired) electrons. The van der Waals surface area contributed by atoms with Gasteiger partial charge in [-0.2, -0.15) is 0 Å². The van der Waals surface area contributed by atoms with E-state index in [9.17, 15) is 5.11 Å². The first-order valence-electron chi connectivity index (χ1n) is 7.99. The Bertz CT molecular complexity index is 485. The molecule has 0 aliphatic carbocycles. The first-order chi connectivity index (χ1) is 10.7. The molecule has 22 heavy (non-hydrogen) atoms. The molecule has 1 fully saturated rings. The molecule has 1 saturated heterocycles. The van der Waals surface area contributed by atoms with Gasteiger partial charge in [-0.1, -0.05) is 24.3 Å². The second-order valence-corrected chi connectivity index (χ2v) is 5.71. The Balaban J connectivity index is 2.02. The van der Waals surface area contributed by atoms with Crippen molar-refractivity contribution >= 4 is 5.96 Å². The Hall–Kier alpha value is -1.59. The molecule has 2 N–H and O–H groups in total. The van der Waals surface area contributed by atoms with E-state index in [-0.39, 0.29) is 6.61 Å². The maximum Gasteiger partial charge on any atom is 0.193 e. The van der Waals surface area contributed by atoms with E-state index in [1.807, 2.05) is 24.3 Å². The lowest BCUT2D eigenvalue weighted by Crippen LogP contribution is -2.41. The Kier molecular flexibility index (Phi) is 6.68. The SMILES string of the molecule is CCNC(=NCc1ccccc1CO)N(C)CC1CCOC1. The van der Waals surface area contributed by atoms with Gasteiger partial charge in [-0.15, -0.1) is 0 Å². The van der Waals surface area contributed by atoms with Gasteiger partial charge in [-0.05, 0) is 24.5 Å². The Labute approximate surface area is 133 Å². The lowest BCUT2D eigenvalue weighted by molar-refractivity contribution is 0.181. The van der Waals surface area contributed by atoms with Gasteiger partial charge in [0.2, 0.25) is 0 Å². The van der Waals surface area contributed by atoms with Crippen LogP contribution in [0.2, 0.25) is 0 Å². The van der Waals surface area contributed by atoms with E-state index in [1.54, 1.807) is 0 Å². The fourth-order valence-corrected chi connectivity index (χ4v) is 2.70. The van der Waals surface area contributed by atoms with E-state index in [0.29, 0.717) is 12.5 Å². The third-order valence-corrected chi connectivity index (χ3v) is 3.94. The molecular weight excluding hydrogens is 278 g/mol. The first-order valence-corrected chi connectivity index (χ1v) is 7.99. The van der Waals surface area contributed by atoms with Crippen LogP contribution in [0.4, 0.5) is 0 Å². The highest BCUT2D eigenvalue weighted by molar-refractivity contribution is 5.79. The van der Waals surface area contributed by atoms with Crippen molar-refractivity contribution in [2.24, 2.45) is 10.9 Å². The van der Waals surface area contributed by atoms with Crippen LogP contribution < -0.4 is 5.32 Å². The van der Waals surface area contributed by atoms with E-state index in [0.717, 1.165) is 49.8 Å². The van der Waals surface area contributed by atoms with Crippen molar-refractivity contribution in [3.63, 3.8) is 0 Å². The number of hydrogen-bond donors (Lipinski definition) is 2. The summed E-state index contributed by atoms with van der Waals surface area (Å²) in [4.78, 5) is 6.88. The summed E-state index contributed by atoms with van der Waals surface area (Å²) in [6.45, 7) is 6.21. The predicted octanol–water partition coefficient (Wildman–Crippen LogP) is 1.61.